The van der Waals surface area contributed by atoms with Crippen molar-refractivity contribution in [3.05, 3.63) is 28.2 Å². The first-order valence-corrected chi connectivity index (χ1v) is 6.02. The summed E-state index contributed by atoms with van der Waals surface area (Å²) in [5, 5.41) is 18.9. The summed E-state index contributed by atoms with van der Waals surface area (Å²) in [4.78, 5) is 0. The fourth-order valence-corrected chi connectivity index (χ4v) is 1.47. The van der Waals surface area contributed by atoms with Crippen molar-refractivity contribution < 1.29 is 14.9 Å². The Labute approximate surface area is 104 Å². The molecule has 0 aliphatic carbocycles. The molecular formula is C12H17BrO3. The molecule has 0 bridgehead atoms. The quantitative estimate of drug-likeness (QED) is 0.875. The van der Waals surface area contributed by atoms with Gasteiger partial charge in [0.2, 0.25) is 0 Å². The Balaban J connectivity index is 2.68. The van der Waals surface area contributed by atoms with Crippen molar-refractivity contribution in [2.45, 2.75) is 32.5 Å². The highest BCUT2D eigenvalue weighted by molar-refractivity contribution is 9.10. The summed E-state index contributed by atoms with van der Waals surface area (Å²) < 4.78 is 6.33. The fourth-order valence-electron chi connectivity index (χ4n) is 1.10. The molecule has 1 rings (SSSR count). The van der Waals surface area contributed by atoms with Crippen LogP contribution in [-0.4, -0.2) is 22.4 Å². The highest BCUT2D eigenvalue weighted by Gasteiger charge is 2.18. The second-order valence-corrected chi connectivity index (χ2v) is 4.90. The topological polar surface area (TPSA) is 49.7 Å². The lowest BCUT2D eigenvalue weighted by atomic mass is 10.1. The van der Waals surface area contributed by atoms with Gasteiger partial charge in [-0.2, -0.15) is 0 Å². The molecule has 0 aromatic heterocycles. The van der Waals surface area contributed by atoms with E-state index in [1.165, 1.54) is 0 Å². The molecule has 0 fully saturated rings. The average Bonchev–Trinajstić information content (AvgIpc) is 2.28. The molecule has 0 radical (unpaired) electrons. The van der Waals surface area contributed by atoms with E-state index in [4.69, 9.17) is 9.84 Å². The minimum Gasteiger partial charge on any atom is -0.491 e. The Morgan fingerprint density at radius 3 is 2.69 bits per heavy atom. The zero-order valence-corrected chi connectivity index (χ0v) is 11.1. The second kappa shape index (κ2) is 5.66. The predicted molar refractivity (Wildman–Crippen MR) is 66.5 cm³/mol. The average molecular weight is 289 g/mol. The van der Waals surface area contributed by atoms with Crippen LogP contribution in [0, 0.1) is 0 Å². The van der Waals surface area contributed by atoms with E-state index < -0.39 is 5.60 Å². The lowest BCUT2D eigenvalue weighted by Gasteiger charge is -2.21. The molecular weight excluding hydrogens is 272 g/mol. The monoisotopic (exact) mass is 288 g/mol. The predicted octanol–water partition coefficient (Wildman–Crippen LogP) is 2.48. The van der Waals surface area contributed by atoms with Crippen LogP contribution in [0.3, 0.4) is 0 Å². The first kappa shape index (κ1) is 13.5. The van der Waals surface area contributed by atoms with Gasteiger partial charge in [0.15, 0.2) is 0 Å². The molecule has 1 unspecified atom stereocenters. The number of rotatable bonds is 5. The summed E-state index contributed by atoms with van der Waals surface area (Å²) in [5.74, 6) is 0.654. The minimum absolute atomic E-state index is 0.0397. The number of halogens is 1. The summed E-state index contributed by atoms with van der Waals surface area (Å²) >= 11 is 3.33. The van der Waals surface area contributed by atoms with E-state index in [9.17, 15) is 5.11 Å². The van der Waals surface area contributed by atoms with E-state index in [1.54, 1.807) is 19.1 Å². The summed E-state index contributed by atoms with van der Waals surface area (Å²) in [5.41, 5.74) is -0.0412. The standard InChI is InChI=1S/C12H17BrO3/c1-3-12(2,15)8-16-10-4-5-11(13)9(6-10)7-14/h4-6,14-15H,3,7-8H2,1-2H3. The number of hydrogen-bond donors (Lipinski definition) is 2. The summed E-state index contributed by atoms with van der Waals surface area (Å²) in [6.45, 7) is 3.85. The lowest BCUT2D eigenvalue weighted by Crippen LogP contribution is -2.31. The molecule has 90 valence electrons. The third-order valence-electron chi connectivity index (χ3n) is 2.50. The van der Waals surface area contributed by atoms with Gasteiger partial charge in [0.1, 0.15) is 12.4 Å². The van der Waals surface area contributed by atoms with E-state index >= 15 is 0 Å². The van der Waals surface area contributed by atoms with Crippen molar-refractivity contribution in [1.29, 1.82) is 0 Å². The van der Waals surface area contributed by atoms with Crippen LogP contribution in [0.15, 0.2) is 22.7 Å². The van der Waals surface area contributed by atoms with Gasteiger partial charge < -0.3 is 14.9 Å². The smallest absolute Gasteiger partial charge is 0.119 e. The van der Waals surface area contributed by atoms with Crippen LogP contribution in [0.4, 0.5) is 0 Å². The second-order valence-electron chi connectivity index (χ2n) is 4.05. The van der Waals surface area contributed by atoms with Crippen LogP contribution in [0.25, 0.3) is 0 Å². The summed E-state index contributed by atoms with van der Waals surface area (Å²) in [7, 11) is 0. The fraction of sp³-hybridized carbons (Fsp3) is 0.500. The van der Waals surface area contributed by atoms with E-state index in [1.807, 2.05) is 13.0 Å². The first-order chi connectivity index (χ1) is 7.48. The molecule has 0 spiro atoms. The zero-order valence-electron chi connectivity index (χ0n) is 9.53. The van der Waals surface area contributed by atoms with Crippen molar-refractivity contribution >= 4 is 15.9 Å². The van der Waals surface area contributed by atoms with Crippen molar-refractivity contribution in [3.63, 3.8) is 0 Å². The molecule has 0 saturated heterocycles. The maximum Gasteiger partial charge on any atom is 0.119 e. The molecule has 0 aliphatic rings. The van der Waals surface area contributed by atoms with Crippen molar-refractivity contribution in [2.75, 3.05) is 6.61 Å². The maximum atomic E-state index is 9.78. The normalized spacial score (nSPS) is 14.6. The molecule has 0 saturated carbocycles. The molecule has 0 heterocycles. The van der Waals surface area contributed by atoms with Crippen molar-refractivity contribution in [3.8, 4) is 5.75 Å². The third kappa shape index (κ3) is 3.77. The van der Waals surface area contributed by atoms with Gasteiger partial charge in [-0.3, -0.25) is 0 Å². The van der Waals surface area contributed by atoms with Gasteiger partial charge in [0.05, 0.1) is 12.2 Å². The number of benzene rings is 1. The zero-order chi connectivity index (χ0) is 12.2. The van der Waals surface area contributed by atoms with Gasteiger partial charge in [-0.1, -0.05) is 22.9 Å². The molecule has 2 N–H and O–H groups in total. The molecule has 1 atom stereocenters. The Hall–Kier alpha value is -0.580. The molecule has 4 heteroatoms. The Morgan fingerprint density at radius 2 is 2.12 bits per heavy atom. The molecule has 1 aromatic carbocycles. The minimum atomic E-state index is -0.813. The van der Waals surface area contributed by atoms with Crippen molar-refractivity contribution in [2.24, 2.45) is 0 Å². The van der Waals surface area contributed by atoms with Gasteiger partial charge >= 0.3 is 0 Å². The Morgan fingerprint density at radius 1 is 1.44 bits per heavy atom. The van der Waals surface area contributed by atoms with Crippen LogP contribution in [-0.2, 0) is 6.61 Å². The Bertz CT molecular complexity index is 350. The number of aliphatic hydroxyl groups is 2. The van der Waals surface area contributed by atoms with E-state index in [0.29, 0.717) is 12.2 Å². The van der Waals surface area contributed by atoms with E-state index in [-0.39, 0.29) is 13.2 Å². The van der Waals surface area contributed by atoms with Gasteiger partial charge in [-0.05, 0) is 37.1 Å². The van der Waals surface area contributed by atoms with Gasteiger partial charge in [-0.15, -0.1) is 0 Å². The van der Waals surface area contributed by atoms with Crippen LogP contribution in [0.2, 0.25) is 0 Å². The SMILES string of the molecule is CCC(C)(O)COc1ccc(Br)c(CO)c1. The molecule has 0 aliphatic heterocycles. The number of ether oxygens (including phenoxy) is 1. The van der Waals surface area contributed by atoms with Gasteiger partial charge in [0.25, 0.3) is 0 Å². The number of aliphatic hydroxyl groups excluding tert-OH is 1. The van der Waals surface area contributed by atoms with Crippen LogP contribution in [0.1, 0.15) is 25.8 Å². The lowest BCUT2D eigenvalue weighted by molar-refractivity contribution is 0.00842. The van der Waals surface area contributed by atoms with Crippen molar-refractivity contribution in [1.82, 2.24) is 0 Å². The van der Waals surface area contributed by atoms with Gasteiger partial charge in [0, 0.05) is 4.47 Å². The third-order valence-corrected chi connectivity index (χ3v) is 3.27. The van der Waals surface area contributed by atoms with Crippen LogP contribution < -0.4 is 4.74 Å². The highest BCUT2D eigenvalue weighted by Crippen LogP contribution is 2.23. The van der Waals surface area contributed by atoms with Gasteiger partial charge in [-0.25, -0.2) is 0 Å². The van der Waals surface area contributed by atoms with E-state index in [0.717, 1.165) is 10.0 Å². The summed E-state index contributed by atoms with van der Waals surface area (Å²) in [6.07, 6.45) is 0.635. The molecule has 0 amide bonds. The first-order valence-electron chi connectivity index (χ1n) is 5.23. The van der Waals surface area contributed by atoms with Crippen LogP contribution in [0.5, 0.6) is 5.75 Å². The van der Waals surface area contributed by atoms with E-state index in [2.05, 4.69) is 15.9 Å². The Kier molecular flexibility index (Phi) is 4.77. The maximum absolute atomic E-state index is 9.78. The van der Waals surface area contributed by atoms with Crippen LogP contribution >= 0.6 is 15.9 Å². The largest absolute Gasteiger partial charge is 0.491 e. The summed E-state index contributed by atoms with van der Waals surface area (Å²) in [6, 6.07) is 5.38. The molecule has 3 nitrogen and oxygen atoms in total. The molecule has 1 aromatic rings. The number of hydrogen-bond acceptors (Lipinski definition) is 3. The highest BCUT2D eigenvalue weighted by atomic mass is 79.9. The molecule has 16 heavy (non-hydrogen) atoms.